The van der Waals surface area contributed by atoms with E-state index in [1.165, 1.54) is 0 Å². The minimum absolute atomic E-state index is 0.0797. The Hall–Kier alpha value is -2.42. The quantitative estimate of drug-likeness (QED) is 0.864. The lowest BCUT2D eigenvalue weighted by Crippen LogP contribution is -2.26. The van der Waals surface area contributed by atoms with E-state index in [0.29, 0.717) is 11.1 Å². The number of carbonyl (C=O) groups excluding carboxylic acids is 2. The molecule has 2 aromatic carbocycles. The smallest absolute Gasteiger partial charge is 0.251 e. The number of hydrogen-bond acceptors (Lipinski definition) is 2. The highest BCUT2D eigenvalue weighted by Gasteiger charge is 2.12. The minimum atomic E-state index is -0.173. The molecule has 0 aliphatic heterocycles. The zero-order chi connectivity index (χ0) is 14.5. The topological polar surface area (TPSA) is 46.2 Å². The summed E-state index contributed by atoms with van der Waals surface area (Å²) in [5, 5.41) is 2.94. The number of hydrogen-bond donors (Lipinski definition) is 1. The van der Waals surface area contributed by atoms with Crippen molar-refractivity contribution in [3.05, 3.63) is 70.8 Å². The van der Waals surface area contributed by atoms with Crippen molar-refractivity contribution in [2.45, 2.75) is 19.9 Å². The summed E-state index contributed by atoms with van der Waals surface area (Å²) in [6, 6.07) is 14.8. The Bertz CT molecular complexity index is 620. The Balaban J connectivity index is 2.16. The molecule has 0 aliphatic rings. The molecule has 0 fully saturated rings. The zero-order valence-electron chi connectivity index (χ0n) is 11.6. The molecule has 3 heteroatoms. The maximum atomic E-state index is 12.2. The van der Waals surface area contributed by atoms with Gasteiger partial charge in [0, 0.05) is 11.1 Å². The Morgan fingerprint density at radius 1 is 1.15 bits per heavy atom. The van der Waals surface area contributed by atoms with Crippen LogP contribution in [0.25, 0.3) is 0 Å². The first-order chi connectivity index (χ1) is 9.60. The number of amides is 1. The Labute approximate surface area is 118 Å². The molecule has 1 N–H and O–H groups in total. The SMILES string of the molecule is Cc1cc(C=O)cc(C(=O)NC(C)c2ccccc2)c1. The van der Waals surface area contributed by atoms with Crippen molar-refractivity contribution in [3.8, 4) is 0 Å². The molecule has 0 spiro atoms. The first kappa shape index (κ1) is 14.0. The van der Waals surface area contributed by atoms with Gasteiger partial charge in [0.1, 0.15) is 6.29 Å². The summed E-state index contributed by atoms with van der Waals surface area (Å²) in [6.45, 7) is 3.80. The molecule has 0 heterocycles. The molecular weight excluding hydrogens is 250 g/mol. The number of aldehydes is 1. The highest BCUT2D eigenvalue weighted by molar-refractivity contribution is 5.96. The van der Waals surface area contributed by atoms with E-state index in [1.54, 1.807) is 18.2 Å². The van der Waals surface area contributed by atoms with Crippen molar-refractivity contribution in [2.75, 3.05) is 0 Å². The van der Waals surface area contributed by atoms with Crippen LogP contribution in [0.15, 0.2) is 48.5 Å². The number of rotatable bonds is 4. The summed E-state index contributed by atoms with van der Waals surface area (Å²) in [5.74, 6) is -0.173. The van der Waals surface area contributed by atoms with Crippen molar-refractivity contribution >= 4 is 12.2 Å². The molecule has 0 aromatic heterocycles. The van der Waals surface area contributed by atoms with Crippen LogP contribution in [0.1, 0.15) is 44.8 Å². The molecule has 102 valence electrons. The fraction of sp³-hybridized carbons (Fsp3) is 0.176. The lowest BCUT2D eigenvalue weighted by molar-refractivity contribution is 0.0940. The monoisotopic (exact) mass is 267 g/mol. The van der Waals surface area contributed by atoms with Gasteiger partial charge in [-0.1, -0.05) is 30.3 Å². The van der Waals surface area contributed by atoms with Gasteiger partial charge in [0.05, 0.1) is 6.04 Å². The molecule has 20 heavy (non-hydrogen) atoms. The van der Waals surface area contributed by atoms with E-state index in [-0.39, 0.29) is 11.9 Å². The summed E-state index contributed by atoms with van der Waals surface area (Å²) in [6.07, 6.45) is 0.754. The Morgan fingerprint density at radius 3 is 2.50 bits per heavy atom. The number of carbonyl (C=O) groups is 2. The predicted molar refractivity (Wildman–Crippen MR) is 78.9 cm³/mol. The van der Waals surface area contributed by atoms with Gasteiger partial charge in [-0.15, -0.1) is 0 Å². The van der Waals surface area contributed by atoms with E-state index < -0.39 is 0 Å². The molecule has 3 nitrogen and oxygen atoms in total. The van der Waals surface area contributed by atoms with Gasteiger partial charge >= 0.3 is 0 Å². The molecular formula is C17H17NO2. The van der Waals surface area contributed by atoms with Crippen LogP contribution in [0.2, 0.25) is 0 Å². The second kappa shape index (κ2) is 6.15. The third-order valence-corrected chi connectivity index (χ3v) is 3.15. The summed E-state index contributed by atoms with van der Waals surface area (Å²) < 4.78 is 0. The highest BCUT2D eigenvalue weighted by Crippen LogP contribution is 2.14. The first-order valence-corrected chi connectivity index (χ1v) is 6.53. The molecule has 2 aromatic rings. The minimum Gasteiger partial charge on any atom is -0.346 e. The lowest BCUT2D eigenvalue weighted by Gasteiger charge is -2.14. The summed E-state index contributed by atoms with van der Waals surface area (Å²) in [7, 11) is 0. The summed E-state index contributed by atoms with van der Waals surface area (Å²) >= 11 is 0. The zero-order valence-corrected chi connectivity index (χ0v) is 11.6. The molecule has 1 atom stereocenters. The van der Waals surface area contributed by atoms with Gasteiger partial charge in [-0.3, -0.25) is 9.59 Å². The van der Waals surface area contributed by atoms with Crippen LogP contribution in [-0.4, -0.2) is 12.2 Å². The largest absolute Gasteiger partial charge is 0.346 e. The van der Waals surface area contributed by atoms with Crippen LogP contribution in [0, 0.1) is 6.92 Å². The molecule has 2 rings (SSSR count). The maximum absolute atomic E-state index is 12.2. The fourth-order valence-corrected chi connectivity index (χ4v) is 2.12. The molecule has 1 amide bonds. The van der Waals surface area contributed by atoms with Gasteiger partial charge in [-0.2, -0.15) is 0 Å². The highest BCUT2D eigenvalue weighted by atomic mass is 16.1. The number of nitrogens with one attached hydrogen (secondary N) is 1. The van der Waals surface area contributed by atoms with E-state index in [0.717, 1.165) is 17.4 Å². The molecule has 0 aliphatic carbocycles. The van der Waals surface area contributed by atoms with E-state index in [2.05, 4.69) is 5.32 Å². The van der Waals surface area contributed by atoms with Gasteiger partial charge in [0.25, 0.3) is 5.91 Å². The number of benzene rings is 2. The third kappa shape index (κ3) is 3.32. The van der Waals surface area contributed by atoms with Gasteiger partial charge in [-0.05, 0) is 43.2 Å². The molecule has 0 saturated carbocycles. The van der Waals surface area contributed by atoms with Crippen molar-refractivity contribution in [1.29, 1.82) is 0 Å². The van der Waals surface area contributed by atoms with Crippen molar-refractivity contribution in [3.63, 3.8) is 0 Å². The predicted octanol–water partition coefficient (Wildman–Crippen LogP) is 3.30. The molecule has 0 saturated heterocycles. The average Bonchev–Trinajstić information content (AvgIpc) is 2.47. The fourth-order valence-electron chi connectivity index (χ4n) is 2.12. The van der Waals surface area contributed by atoms with E-state index >= 15 is 0 Å². The van der Waals surface area contributed by atoms with E-state index in [4.69, 9.17) is 0 Å². The second-order valence-corrected chi connectivity index (χ2v) is 4.86. The van der Waals surface area contributed by atoms with E-state index in [1.807, 2.05) is 44.2 Å². The van der Waals surface area contributed by atoms with Crippen LogP contribution in [-0.2, 0) is 0 Å². The van der Waals surface area contributed by atoms with E-state index in [9.17, 15) is 9.59 Å². The van der Waals surface area contributed by atoms with Crippen molar-refractivity contribution < 1.29 is 9.59 Å². The van der Waals surface area contributed by atoms with Gasteiger partial charge < -0.3 is 5.32 Å². The van der Waals surface area contributed by atoms with Gasteiger partial charge in [-0.25, -0.2) is 0 Å². The van der Waals surface area contributed by atoms with Gasteiger partial charge in [0.2, 0.25) is 0 Å². The van der Waals surface area contributed by atoms with Gasteiger partial charge in [0.15, 0.2) is 0 Å². The standard InChI is InChI=1S/C17H17NO2/c1-12-8-14(11-19)10-16(9-12)17(20)18-13(2)15-6-4-3-5-7-15/h3-11,13H,1-2H3,(H,18,20). The Kier molecular flexibility index (Phi) is 4.31. The normalized spacial score (nSPS) is 11.7. The molecule has 1 unspecified atom stereocenters. The van der Waals surface area contributed by atoms with Crippen molar-refractivity contribution in [2.24, 2.45) is 0 Å². The van der Waals surface area contributed by atoms with Crippen LogP contribution in [0.5, 0.6) is 0 Å². The lowest BCUT2D eigenvalue weighted by atomic mass is 10.0. The first-order valence-electron chi connectivity index (χ1n) is 6.53. The van der Waals surface area contributed by atoms with Crippen LogP contribution < -0.4 is 5.32 Å². The third-order valence-electron chi connectivity index (χ3n) is 3.15. The average molecular weight is 267 g/mol. The van der Waals surface area contributed by atoms with Crippen LogP contribution in [0.4, 0.5) is 0 Å². The Morgan fingerprint density at radius 2 is 1.85 bits per heavy atom. The molecule has 0 bridgehead atoms. The van der Waals surface area contributed by atoms with Crippen LogP contribution >= 0.6 is 0 Å². The molecule has 0 radical (unpaired) electrons. The second-order valence-electron chi connectivity index (χ2n) is 4.86. The summed E-state index contributed by atoms with van der Waals surface area (Å²) in [5.41, 5.74) is 2.97. The summed E-state index contributed by atoms with van der Waals surface area (Å²) in [4.78, 5) is 23.1. The van der Waals surface area contributed by atoms with Crippen LogP contribution in [0.3, 0.4) is 0 Å². The maximum Gasteiger partial charge on any atom is 0.251 e. The van der Waals surface area contributed by atoms with Crippen molar-refractivity contribution in [1.82, 2.24) is 5.32 Å². The number of aryl methyl sites for hydroxylation is 1.